The number of amides is 1. The fourth-order valence-corrected chi connectivity index (χ4v) is 3.68. The van der Waals surface area contributed by atoms with Gasteiger partial charge in [-0.3, -0.25) is 4.79 Å². The van der Waals surface area contributed by atoms with Crippen molar-refractivity contribution in [3.05, 3.63) is 21.9 Å². The summed E-state index contributed by atoms with van der Waals surface area (Å²) in [6.07, 6.45) is 4.49. The average Bonchev–Trinajstić information content (AvgIpc) is 2.93. The lowest BCUT2D eigenvalue weighted by molar-refractivity contribution is 0.0691. The van der Waals surface area contributed by atoms with Crippen molar-refractivity contribution >= 4 is 17.2 Å². The molecule has 1 N–H and O–H groups in total. The number of likely N-dealkylation sites (tertiary alicyclic amines) is 1. The van der Waals surface area contributed by atoms with Crippen molar-refractivity contribution in [1.29, 1.82) is 0 Å². The van der Waals surface area contributed by atoms with E-state index in [0.29, 0.717) is 0 Å². The Morgan fingerprint density at radius 2 is 2.21 bits per heavy atom. The molecule has 1 aliphatic rings. The number of nitrogens with zero attached hydrogens (tertiary/aromatic N) is 1. The smallest absolute Gasteiger partial charge is 0.264 e. The van der Waals surface area contributed by atoms with Crippen LogP contribution < -0.4 is 5.32 Å². The molecule has 1 aromatic rings. The van der Waals surface area contributed by atoms with Crippen LogP contribution in [-0.2, 0) is 6.42 Å². The lowest BCUT2D eigenvalue weighted by Gasteiger charge is -2.32. The molecule has 19 heavy (non-hydrogen) atoms. The molecule has 0 atom stereocenters. The maximum atomic E-state index is 12.5. The molecule has 0 spiro atoms. The SMILES string of the molecule is CCc1ccsc1C(=O)N1CCC(CCNC)CC1. The number of nitrogens with one attached hydrogen (secondary N) is 1. The number of carbonyl (C=O) groups is 1. The highest BCUT2D eigenvalue weighted by atomic mass is 32.1. The fraction of sp³-hybridized carbons (Fsp3) is 0.667. The molecule has 1 amide bonds. The summed E-state index contributed by atoms with van der Waals surface area (Å²) < 4.78 is 0. The number of piperidine rings is 1. The van der Waals surface area contributed by atoms with E-state index in [-0.39, 0.29) is 5.91 Å². The predicted molar refractivity (Wildman–Crippen MR) is 80.9 cm³/mol. The molecule has 1 fully saturated rings. The molecule has 0 bridgehead atoms. The van der Waals surface area contributed by atoms with Crippen molar-refractivity contribution in [2.24, 2.45) is 5.92 Å². The molecular formula is C15H24N2OS. The van der Waals surface area contributed by atoms with Gasteiger partial charge in [-0.25, -0.2) is 0 Å². The first-order valence-electron chi connectivity index (χ1n) is 7.26. The van der Waals surface area contributed by atoms with Crippen molar-refractivity contribution in [3.8, 4) is 0 Å². The van der Waals surface area contributed by atoms with Crippen LogP contribution in [0.2, 0.25) is 0 Å². The van der Waals surface area contributed by atoms with Gasteiger partial charge in [-0.1, -0.05) is 6.92 Å². The number of hydrogen-bond acceptors (Lipinski definition) is 3. The van der Waals surface area contributed by atoms with Crippen molar-refractivity contribution < 1.29 is 4.79 Å². The maximum absolute atomic E-state index is 12.5. The van der Waals surface area contributed by atoms with E-state index in [9.17, 15) is 4.79 Å². The van der Waals surface area contributed by atoms with E-state index >= 15 is 0 Å². The summed E-state index contributed by atoms with van der Waals surface area (Å²) in [5.41, 5.74) is 1.20. The zero-order chi connectivity index (χ0) is 13.7. The molecule has 0 radical (unpaired) electrons. The summed E-state index contributed by atoms with van der Waals surface area (Å²) >= 11 is 1.59. The van der Waals surface area contributed by atoms with E-state index in [0.717, 1.165) is 49.7 Å². The second-order valence-electron chi connectivity index (χ2n) is 5.26. The van der Waals surface area contributed by atoms with Gasteiger partial charge >= 0.3 is 0 Å². The van der Waals surface area contributed by atoms with Crippen LogP contribution in [-0.4, -0.2) is 37.5 Å². The Hall–Kier alpha value is -0.870. The minimum atomic E-state index is 0.249. The zero-order valence-corrected chi connectivity index (χ0v) is 12.8. The van der Waals surface area contributed by atoms with Crippen LogP contribution in [0.5, 0.6) is 0 Å². The third kappa shape index (κ3) is 3.57. The monoisotopic (exact) mass is 280 g/mol. The van der Waals surface area contributed by atoms with Gasteiger partial charge in [0.15, 0.2) is 0 Å². The first-order chi connectivity index (χ1) is 9.26. The lowest BCUT2D eigenvalue weighted by Crippen LogP contribution is -2.38. The minimum Gasteiger partial charge on any atom is -0.338 e. The summed E-state index contributed by atoms with van der Waals surface area (Å²) in [5, 5.41) is 5.24. The first kappa shape index (κ1) is 14.5. The van der Waals surface area contributed by atoms with Crippen LogP contribution in [0, 0.1) is 5.92 Å². The average molecular weight is 280 g/mol. The third-order valence-corrected chi connectivity index (χ3v) is 4.97. The van der Waals surface area contributed by atoms with E-state index in [1.54, 1.807) is 11.3 Å². The fourth-order valence-electron chi connectivity index (χ4n) is 2.72. The van der Waals surface area contributed by atoms with Gasteiger partial charge in [0.1, 0.15) is 0 Å². The Morgan fingerprint density at radius 1 is 1.47 bits per heavy atom. The Kier molecular flexibility index (Phi) is 5.40. The van der Waals surface area contributed by atoms with Gasteiger partial charge in [0.2, 0.25) is 0 Å². The third-order valence-electron chi connectivity index (χ3n) is 4.03. The van der Waals surface area contributed by atoms with Gasteiger partial charge in [0, 0.05) is 13.1 Å². The Balaban J connectivity index is 1.89. The van der Waals surface area contributed by atoms with Crippen LogP contribution in [0.3, 0.4) is 0 Å². The molecule has 106 valence electrons. The van der Waals surface area contributed by atoms with Crippen molar-refractivity contribution in [2.75, 3.05) is 26.7 Å². The predicted octanol–water partition coefficient (Wildman–Crippen LogP) is 2.77. The quantitative estimate of drug-likeness (QED) is 0.899. The highest BCUT2D eigenvalue weighted by Crippen LogP contribution is 2.24. The molecule has 0 aromatic carbocycles. The second kappa shape index (κ2) is 7.06. The molecule has 1 aromatic heterocycles. The number of carbonyl (C=O) groups excluding carboxylic acids is 1. The van der Waals surface area contributed by atoms with Crippen LogP contribution in [0.1, 0.15) is 41.4 Å². The number of thiophene rings is 1. The van der Waals surface area contributed by atoms with Crippen LogP contribution in [0.25, 0.3) is 0 Å². The summed E-state index contributed by atoms with van der Waals surface area (Å²) in [7, 11) is 2.00. The van der Waals surface area contributed by atoms with E-state index in [2.05, 4.69) is 18.3 Å². The lowest BCUT2D eigenvalue weighted by atomic mass is 9.93. The summed E-state index contributed by atoms with van der Waals surface area (Å²) in [5.74, 6) is 1.03. The maximum Gasteiger partial charge on any atom is 0.264 e. The van der Waals surface area contributed by atoms with E-state index in [4.69, 9.17) is 0 Å². The molecule has 1 saturated heterocycles. The molecule has 0 aliphatic carbocycles. The Bertz CT molecular complexity index is 408. The molecule has 2 rings (SSSR count). The number of aryl methyl sites for hydroxylation is 1. The van der Waals surface area contributed by atoms with Crippen LogP contribution in [0.15, 0.2) is 11.4 Å². The molecule has 0 unspecified atom stereocenters. The van der Waals surface area contributed by atoms with Crippen LogP contribution in [0.4, 0.5) is 0 Å². The summed E-state index contributed by atoms with van der Waals surface area (Å²) in [4.78, 5) is 15.5. The largest absolute Gasteiger partial charge is 0.338 e. The molecule has 3 nitrogen and oxygen atoms in total. The van der Waals surface area contributed by atoms with Crippen molar-refractivity contribution in [1.82, 2.24) is 10.2 Å². The van der Waals surface area contributed by atoms with E-state index in [1.807, 2.05) is 17.3 Å². The van der Waals surface area contributed by atoms with E-state index < -0.39 is 0 Å². The van der Waals surface area contributed by atoms with Crippen molar-refractivity contribution in [2.45, 2.75) is 32.6 Å². The standard InChI is InChI=1S/C15H24N2OS/c1-3-13-7-11-19-14(13)15(18)17-9-5-12(6-10-17)4-8-16-2/h7,11-12,16H,3-6,8-10H2,1-2H3. The van der Waals surface area contributed by atoms with Gasteiger partial charge in [0.05, 0.1) is 4.88 Å². The van der Waals surface area contributed by atoms with Gasteiger partial charge in [-0.05, 0) is 62.2 Å². The van der Waals surface area contributed by atoms with Gasteiger partial charge < -0.3 is 10.2 Å². The number of rotatable bonds is 5. The minimum absolute atomic E-state index is 0.249. The normalized spacial score (nSPS) is 16.8. The van der Waals surface area contributed by atoms with E-state index in [1.165, 1.54) is 12.0 Å². The molecule has 1 aliphatic heterocycles. The Labute approximate surface area is 120 Å². The van der Waals surface area contributed by atoms with Gasteiger partial charge in [-0.2, -0.15) is 0 Å². The molecule has 0 saturated carbocycles. The molecular weight excluding hydrogens is 256 g/mol. The van der Waals surface area contributed by atoms with Gasteiger partial charge in [0.25, 0.3) is 5.91 Å². The highest BCUT2D eigenvalue weighted by Gasteiger charge is 2.25. The molecule has 2 heterocycles. The highest BCUT2D eigenvalue weighted by molar-refractivity contribution is 7.12. The topological polar surface area (TPSA) is 32.3 Å². The second-order valence-corrected chi connectivity index (χ2v) is 6.17. The molecule has 4 heteroatoms. The summed E-state index contributed by atoms with van der Waals surface area (Å²) in [6.45, 7) is 5.05. The van der Waals surface area contributed by atoms with Crippen molar-refractivity contribution in [3.63, 3.8) is 0 Å². The first-order valence-corrected chi connectivity index (χ1v) is 8.14. The summed E-state index contributed by atoms with van der Waals surface area (Å²) in [6, 6.07) is 2.08. The van der Waals surface area contributed by atoms with Gasteiger partial charge in [-0.15, -0.1) is 11.3 Å². The van der Waals surface area contributed by atoms with Crippen LogP contribution >= 0.6 is 11.3 Å². The zero-order valence-electron chi connectivity index (χ0n) is 11.9. The number of hydrogen-bond donors (Lipinski definition) is 1. The Morgan fingerprint density at radius 3 is 2.84 bits per heavy atom.